The second-order valence-corrected chi connectivity index (χ2v) is 6.91. The fourth-order valence-corrected chi connectivity index (χ4v) is 3.42. The second-order valence-electron chi connectivity index (χ2n) is 5.40. The number of hydrogen-bond acceptors (Lipinski definition) is 4. The third-order valence-corrected chi connectivity index (χ3v) is 4.84. The predicted octanol–water partition coefficient (Wildman–Crippen LogP) is 4.13. The maximum atomic E-state index is 11.9. The van der Waals surface area contributed by atoms with E-state index in [0.29, 0.717) is 23.1 Å². The van der Waals surface area contributed by atoms with E-state index in [0.717, 1.165) is 17.1 Å². The number of hydrogen-bond donors (Lipinski definition) is 1. The molecule has 0 radical (unpaired) electrons. The Bertz CT molecular complexity index is 765. The van der Waals surface area contributed by atoms with Gasteiger partial charge in [-0.15, -0.1) is 0 Å². The van der Waals surface area contributed by atoms with Crippen LogP contribution in [0, 0.1) is 0 Å². The van der Waals surface area contributed by atoms with E-state index in [4.69, 9.17) is 21.1 Å². The van der Waals surface area contributed by atoms with E-state index in [-0.39, 0.29) is 12.7 Å². The van der Waals surface area contributed by atoms with E-state index in [1.807, 2.05) is 18.2 Å². The maximum absolute atomic E-state index is 11.9. The number of carbonyl (C=O) groups is 1. The molecule has 0 unspecified atom stereocenters. The van der Waals surface area contributed by atoms with Crippen LogP contribution in [0.4, 0.5) is 0 Å². The topological polar surface area (TPSA) is 47.6 Å². The molecule has 1 amide bonds. The molecule has 130 valence electrons. The molecular formula is C19H18ClNO3S. The van der Waals surface area contributed by atoms with Crippen molar-refractivity contribution in [3.63, 3.8) is 0 Å². The summed E-state index contributed by atoms with van der Waals surface area (Å²) in [6.45, 7) is 0.798. The molecular weight excluding hydrogens is 358 g/mol. The average Bonchev–Trinajstić information content (AvgIpc) is 3.10. The zero-order chi connectivity index (χ0) is 17.5. The minimum atomic E-state index is -0.130. The minimum Gasteiger partial charge on any atom is -0.454 e. The van der Waals surface area contributed by atoms with Crippen molar-refractivity contribution in [1.82, 2.24) is 5.32 Å². The number of carbonyl (C=O) groups excluding carboxylic acids is 1. The molecule has 2 aromatic rings. The van der Waals surface area contributed by atoms with Crippen LogP contribution in [0.5, 0.6) is 11.5 Å². The molecule has 0 aromatic heterocycles. The van der Waals surface area contributed by atoms with Gasteiger partial charge in [-0.2, -0.15) is 11.8 Å². The zero-order valence-corrected chi connectivity index (χ0v) is 15.1. The number of amides is 1. The lowest BCUT2D eigenvalue weighted by Crippen LogP contribution is -2.23. The summed E-state index contributed by atoms with van der Waals surface area (Å²) in [6.07, 6.45) is 3.20. The molecule has 0 spiro atoms. The lowest BCUT2D eigenvalue weighted by atomic mass is 10.2. The summed E-state index contributed by atoms with van der Waals surface area (Å²) in [5.41, 5.74) is 2.08. The molecule has 25 heavy (non-hydrogen) atoms. The van der Waals surface area contributed by atoms with Crippen molar-refractivity contribution in [2.24, 2.45) is 0 Å². The summed E-state index contributed by atoms with van der Waals surface area (Å²) in [5.74, 6) is 2.84. The van der Waals surface area contributed by atoms with E-state index in [9.17, 15) is 4.79 Å². The van der Waals surface area contributed by atoms with Crippen molar-refractivity contribution in [3.05, 3.63) is 64.7 Å². The Morgan fingerprint density at radius 2 is 2.08 bits per heavy atom. The van der Waals surface area contributed by atoms with Gasteiger partial charge in [0.05, 0.1) is 5.02 Å². The first-order valence-corrected chi connectivity index (χ1v) is 9.42. The third kappa shape index (κ3) is 5.18. The molecule has 0 atom stereocenters. The smallest absolute Gasteiger partial charge is 0.244 e. The highest BCUT2D eigenvalue weighted by Crippen LogP contribution is 2.40. The van der Waals surface area contributed by atoms with Crippen molar-refractivity contribution in [2.75, 3.05) is 19.1 Å². The summed E-state index contributed by atoms with van der Waals surface area (Å²) in [4.78, 5) is 11.9. The molecule has 6 heteroatoms. The van der Waals surface area contributed by atoms with E-state index in [2.05, 4.69) is 17.4 Å². The minimum absolute atomic E-state index is 0.130. The van der Waals surface area contributed by atoms with Gasteiger partial charge in [0, 0.05) is 24.1 Å². The largest absolute Gasteiger partial charge is 0.454 e. The van der Waals surface area contributed by atoms with Crippen LogP contribution in [0.3, 0.4) is 0 Å². The molecule has 1 heterocycles. The van der Waals surface area contributed by atoms with E-state index < -0.39 is 0 Å². The Kier molecular flexibility index (Phi) is 6.25. The Morgan fingerprint density at radius 3 is 2.92 bits per heavy atom. The summed E-state index contributed by atoms with van der Waals surface area (Å²) in [5, 5.41) is 3.35. The quantitative estimate of drug-likeness (QED) is 0.584. The van der Waals surface area contributed by atoms with Gasteiger partial charge in [0.2, 0.25) is 12.7 Å². The molecule has 0 fully saturated rings. The van der Waals surface area contributed by atoms with Crippen molar-refractivity contribution in [1.29, 1.82) is 0 Å². The predicted molar refractivity (Wildman–Crippen MR) is 102 cm³/mol. The molecule has 1 aliphatic rings. The average molecular weight is 376 g/mol. The monoisotopic (exact) mass is 375 g/mol. The van der Waals surface area contributed by atoms with Crippen LogP contribution >= 0.6 is 23.4 Å². The maximum Gasteiger partial charge on any atom is 0.244 e. The van der Waals surface area contributed by atoms with Gasteiger partial charge < -0.3 is 14.8 Å². The summed E-state index contributed by atoms with van der Waals surface area (Å²) >= 11 is 7.91. The number of rotatable bonds is 7. The van der Waals surface area contributed by atoms with Crippen molar-refractivity contribution >= 4 is 35.3 Å². The number of benzene rings is 2. The van der Waals surface area contributed by atoms with Crippen LogP contribution in [0.25, 0.3) is 6.08 Å². The summed E-state index contributed by atoms with van der Waals surface area (Å²) in [6, 6.07) is 13.8. The normalized spacial score (nSPS) is 12.5. The first kappa shape index (κ1) is 17.7. The fourth-order valence-electron chi connectivity index (χ4n) is 2.33. The van der Waals surface area contributed by atoms with Gasteiger partial charge in [-0.05, 0) is 29.3 Å². The van der Waals surface area contributed by atoms with Crippen LogP contribution in [0.1, 0.15) is 11.1 Å². The summed E-state index contributed by atoms with van der Waals surface area (Å²) < 4.78 is 10.6. The molecule has 3 rings (SSSR count). The Hall–Kier alpha value is -2.11. The molecule has 0 bridgehead atoms. The Balaban J connectivity index is 1.40. The van der Waals surface area contributed by atoms with Crippen molar-refractivity contribution in [3.8, 4) is 11.5 Å². The van der Waals surface area contributed by atoms with Crippen LogP contribution in [-0.4, -0.2) is 25.0 Å². The first-order valence-electron chi connectivity index (χ1n) is 7.89. The molecule has 1 aliphatic heterocycles. The summed E-state index contributed by atoms with van der Waals surface area (Å²) in [7, 11) is 0. The number of fused-ring (bicyclic) bond motifs is 1. The third-order valence-electron chi connectivity index (χ3n) is 3.53. The van der Waals surface area contributed by atoms with E-state index in [1.54, 1.807) is 30.0 Å². The molecule has 0 aliphatic carbocycles. The lowest BCUT2D eigenvalue weighted by molar-refractivity contribution is -0.116. The number of halogens is 1. The van der Waals surface area contributed by atoms with E-state index >= 15 is 0 Å². The van der Waals surface area contributed by atoms with E-state index in [1.165, 1.54) is 11.6 Å². The van der Waals surface area contributed by atoms with Gasteiger partial charge in [-0.1, -0.05) is 41.9 Å². The van der Waals surface area contributed by atoms with Crippen LogP contribution in [0.2, 0.25) is 5.02 Å². The number of nitrogens with one attached hydrogen (secondary N) is 1. The first-order chi connectivity index (χ1) is 12.2. The fraction of sp³-hybridized carbons (Fsp3) is 0.211. The van der Waals surface area contributed by atoms with Crippen LogP contribution in [-0.2, 0) is 10.5 Å². The lowest BCUT2D eigenvalue weighted by Gasteiger charge is -2.03. The SMILES string of the molecule is O=C(/C=C/c1cc(Cl)c2c(c1)OCO2)NCCSCc1ccccc1. The number of ether oxygens (including phenoxy) is 2. The van der Waals surface area contributed by atoms with Crippen LogP contribution < -0.4 is 14.8 Å². The van der Waals surface area contributed by atoms with Gasteiger partial charge in [-0.25, -0.2) is 0 Å². The Labute approximate surface area is 156 Å². The zero-order valence-electron chi connectivity index (χ0n) is 13.5. The molecule has 4 nitrogen and oxygen atoms in total. The molecule has 2 aromatic carbocycles. The van der Waals surface area contributed by atoms with Crippen molar-refractivity contribution < 1.29 is 14.3 Å². The van der Waals surface area contributed by atoms with Gasteiger partial charge in [-0.3, -0.25) is 4.79 Å². The highest BCUT2D eigenvalue weighted by Gasteiger charge is 2.17. The van der Waals surface area contributed by atoms with Gasteiger partial charge in [0.15, 0.2) is 11.5 Å². The van der Waals surface area contributed by atoms with Gasteiger partial charge in [0.25, 0.3) is 0 Å². The highest BCUT2D eigenvalue weighted by atomic mass is 35.5. The highest BCUT2D eigenvalue weighted by molar-refractivity contribution is 7.98. The van der Waals surface area contributed by atoms with Gasteiger partial charge in [0.1, 0.15) is 0 Å². The van der Waals surface area contributed by atoms with Crippen LogP contribution in [0.15, 0.2) is 48.5 Å². The standard InChI is InChI=1S/C19H18ClNO3S/c20-16-10-15(11-17-19(16)24-13-23-17)6-7-18(22)21-8-9-25-12-14-4-2-1-3-5-14/h1-7,10-11H,8-9,12-13H2,(H,21,22)/b7-6+. The second kappa shape index (κ2) is 8.83. The van der Waals surface area contributed by atoms with Gasteiger partial charge >= 0.3 is 0 Å². The Morgan fingerprint density at radius 1 is 1.24 bits per heavy atom. The number of thioether (sulfide) groups is 1. The van der Waals surface area contributed by atoms with Crippen molar-refractivity contribution in [2.45, 2.75) is 5.75 Å². The molecule has 0 saturated heterocycles. The molecule has 1 N–H and O–H groups in total. The molecule has 0 saturated carbocycles.